The second-order valence-electron chi connectivity index (χ2n) is 6.89. The first-order valence-electron chi connectivity index (χ1n) is 8.63. The van der Waals surface area contributed by atoms with Crippen LogP contribution in [0.1, 0.15) is 41.2 Å². The molecule has 1 heterocycles. The lowest BCUT2D eigenvalue weighted by Gasteiger charge is -2.22. The number of benzene rings is 2. The van der Waals surface area contributed by atoms with Crippen LogP contribution in [0.3, 0.4) is 0 Å². The molecule has 2 nitrogen and oxygen atoms in total. The molecular formula is C20H21ClF3NO. The molecule has 0 spiro atoms. The minimum absolute atomic E-state index is 0. The summed E-state index contributed by atoms with van der Waals surface area (Å²) in [6.45, 7) is 2.94. The zero-order valence-electron chi connectivity index (χ0n) is 14.4. The Labute approximate surface area is 157 Å². The van der Waals surface area contributed by atoms with Gasteiger partial charge in [-0.15, -0.1) is 12.4 Å². The summed E-state index contributed by atoms with van der Waals surface area (Å²) in [5.41, 5.74) is 3.45. The molecule has 2 aliphatic rings. The Balaban J connectivity index is 0.00000196. The predicted octanol–water partition coefficient (Wildman–Crippen LogP) is 5.93. The molecule has 140 valence electrons. The van der Waals surface area contributed by atoms with Crippen LogP contribution in [0.4, 0.5) is 18.9 Å². The van der Waals surface area contributed by atoms with E-state index in [9.17, 15) is 13.2 Å². The van der Waals surface area contributed by atoms with Gasteiger partial charge in [0.05, 0.1) is 5.56 Å². The summed E-state index contributed by atoms with van der Waals surface area (Å²) in [5.74, 6) is 1.06. The van der Waals surface area contributed by atoms with Crippen molar-refractivity contribution < 1.29 is 17.9 Å². The smallest absolute Gasteiger partial charge is 0.416 e. The number of alkyl halides is 3. The summed E-state index contributed by atoms with van der Waals surface area (Å²) in [6, 6.07) is 9.47. The summed E-state index contributed by atoms with van der Waals surface area (Å²) in [5, 5.41) is 3.33. The topological polar surface area (TPSA) is 21.3 Å². The lowest BCUT2D eigenvalue weighted by Crippen LogP contribution is -2.13. The molecule has 2 aromatic rings. The van der Waals surface area contributed by atoms with Crippen LogP contribution >= 0.6 is 12.4 Å². The van der Waals surface area contributed by atoms with Gasteiger partial charge in [-0.3, -0.25) is 0 Å². The van der Waals surface area contributed by atoms with E-state index >= 15 is 0 Å². The zero-order valence-corrected chi connectivity index (χ0v) is 15.2. The molecule has 0 radical (unpaired) electrons. The molecule has 6 heteroatoms. The van der Waals surface area contributed by atoms with Gasteiger partial charge in [-0.05, 0) is 67.1 Å². The van der Waals surface area contributed by atoms with Gasteiger partial charge in [0, 0.05) is 18.2 Å². The molecule has 1 atom stereocenters. The van der Waals surface area contributed by atoms with Gasteiger partial charge in [-0.2, -0.15) is 13.2 Å². The van der Waals surface area contributed by atoms with Crippen molar-refractivity contribution in [3.05, 3.63) is 58.7 Å². The average molecular weight is 384 g/mol. The molecule has 1 aliphatic carbocycles. The second-order valence-corrected chi connectivity index (χ2v) is 6.89. The van der Waals surface area contributed by atoms with E-state index in [2.05, 4.69) is 5.32 Å². The van der Waals surface area contributed by atoms with Crippen molar-refractivity contribution >= 4 is 18.1 Å². The Kier molecular flexibility index (Phi) is 5.11. The standard InChI is InChI=1S/C20H20F3NO.ClH/c1-12-16-9-10-24-17(16)7-8-18(12)25-19(13-5-6-13)14-3-2-4-15(11-14)20(21,22)23;/h2-4,7-8,11,13,19,24H,5-6,9-10H2,1H3;1H. The highest BCUT2D eigenvalue weighted by molar-refractivity contribution is 5.85. The normalized spacial score (nSPS) is 17.1. The first kappa shape index (κ1) is 18.9. The maximum Gasteiger partial charge on any atom is 0.416 e. The van der Waals surface area contributed by atoms with E-state index in [1.165, 1.54) is 17.7 Å². The van der Waals surface area contributed by atoms with Gasteiger partial charge in [-0.25, -0.2) is 0 Å². The molecule has 26 heavy (non-hydrogen) atoms. The largest absolute Gasteiger partial charge is 0.485 e. The molecule has 1 unspecified atom stereocenters. The van der Waals surface area contributed by atoms with Crippen LogP contribution in [-0.2, 0) is 12.6 Å². The van der Waals surface area contributed by atoms with Crippen molar-refractivity contribution in [3.8, 4) is 5.75 Å². The number of hydrogen-bond acceptors (Lipinski definition) is 2. The number of rotatable bonds is 4. The van der Waals surface area contributed by atoms with Crippen molar-refractivity contribution in [1.29, 1.82) is 0 Å². The molecule has 1 fully saturated rings. The Bertz CT molecular complexity index is 802. The summed E-state index contributed by atoms with van der Waals surface area (Å²) < 4.78 is 45.4. The van der Waals surface area contributed by atoms with E-state index in [0.717, 1.165) is 48.9 Å². The predicted molar refractivity (Wildman–Crippen MR) is 98.2 cm³/mol. The molecule has 1 aliphatic heterocycles. The highest BCUT2D eigenvalue weighted by atomic mass is 35.5. The van der Waals surface area contributed by atoms with Crippen LogP contribution in [-0.4, -0.2) is 6.54 Å². The third-order valence-electron chi connectivity index (χ3n) is 5.09. The van der Waals surface area contributed by atoms with Gasteiger partial charge < -0.3 is 10.1 Å². The number of ether oxygens (including phenoxy) is 1. The third-order valence-corrected chi connectivity index (χ3v) is 5.09. The average Bonchev–Trinajstić information content (AvgIpc) is 3.30. The van der Waals surface area contributed by atoms with Crippen LogP contribution in [0.25, 0.3) is 0 Å². The van der Waals surface area contributed by atoms with E-state index in [4.69, 9.17) is 4.74 Å². The van der Waals surface area contributed by atoms with E-state index in [0.29, 0.717) is 5.56 Å². The van der Waals surface area contributed by atoms with E-state index in [1.807, 2.05) is 19.1 Å². The van der Waals surface area contributed by atoms with Crippen LogP contribution in [0.15, 0.2) is 36.4 Å². The van der Waals surface area contributed by atoms with Crippen molar-refractivity contribution in [2.45, 2.75) is 38.5 Å². The maximum absolute atomic E-state index is 13.0. The number of fused-ring (bicyclic) bond motifs is 1. The number of nitrogens with one attached hydrogen (secondary N) is 1. The highest BCUT2D eigenvalue weighted by Gasteiger charge is 2.37. The highest BCUT2D eigenvalue weighted by Crippen LogP contribution is 2.45. The SMILES string of the molecule is Cc1c(OC(c2cccc(C(F)(F)F)c2)C2CC2)ccc2c1CCN2.Cl. The maximum atomic E-state index is 13.0. The van der Waals surface area contributed by atoms with Gasteiger partial charge >= 0.3 is 6.18 Å². The number of hydrogen-bond donors (Lipinski definition) is 1. The summed E-state index contributed by atoms with van der Waals surface area (Å²) in [6.07, 6.45) is -1.72. The molecule has 2 aromatic carbocycles. The van der Waals surface area contributed by atoms with Gasteiger partial charge in [0.1, 0.15) is 11.9 Å². The van der Waals surface area contributed by atoms with Crippen LogP contribution in [0, 0.1) is 12.8 Å². The van der Waals surface area contributed by atoms with Crippen molar-refractivity contribution in [3.63, 3.8) is 0 Å². The van der Waals surface area contributed by atoms with E-state index in [1.54, 1.807) is 6.07 Å². The molecule has 0 bridgehead atoms. The summed E-state index contributed by atoms with van der Waals surface area (Å²) >= 11 is 0. The fourth-order valence-corrected chi connectivity index (χ4v) is 3.54. The monoisotopic (exact) mass is 383 g/mol. The molecule has 0 aromatic heterocycles. The minimum atomic E-state index is -4.33. The van der Waals surface area contributed by atoms with Crippen molar-refractivity contribution in [2.75, 3.05) is 11.9 Å². The van der Waals surface area contributed by atoms with Gasteiger partial charge in [0.25, 0.3) is 0 Å². The van der Waals surface area contributed by atoms with E-state index < -0.39 is 11.7 Å². The van der Waals surface area contributed by atoms with Crippen molar-refractivity contribution in [1.82, 2.24) is 0 Å². The Morgan fingerprint density at radius 3 is 2.62 bits per heavy atom. The fraction of sp³-hybridized carbons (Fsp3) is 0.400. The molecule has 1 saturated carbocycles. The quantitative estimate of drug-likeness (QED) is 0.706. The van der Waals surface area contributed by atoms with Gasteiger partial charge in [0.15, 0.2) is 0 Å². The lowest BCUT2D eigenvalue weighted by atomic mass is 10.0. The fourth-order valence-electron chi connectivity index (χ4n) is 3.54. The third kappa shape index (κ3) is 3.63. The van der Waals surface area contributed by atoms with E-state index in [-0.39, 0.29) is 24.4 Å². The first-order valence-corrected chi connectivity index (χ1v) is 8.63. The van der Waals surface area contributed by atoms with Crippen LogP contribution in [0.2, 0.25) is 0 Å². The zero-order chi connectivity index (χ0) is 17.6. The molecule has 0 amide bonds. The van der Waals surface area contributed by atoms with Crippen LogP contribution < -0.4 is 10.1 Å². The summed E-state index contributed by atoms with van der Waals surface area (Å²) in [4.78, 5) is 0. The van der Waals surface area contributed by atoms with Gasteiger partial charge in [0.2, 0.25) is 0 Å². The minimum Gasteiger partial charge on any atom is -0.485 e. The number of halogens is 4. The molecule has 1 N–H and O–H groups in total. The second kappa shape index (κ2) is 7.03. The number of anilines is 1. The molecule has 0 saturated heterocycles. The first-order chi connectivity index (χ1) is 11.9. The van der Waals surface area contributed by atoms with Gasteiger partial charge in [-0.1, -0.05) is 12.1 Å². The van der Waals surface area contributed by atoms with Crippen LogP contribution in [0.5, 0.6) is 5.75 Å². The summed E-state index contributed by atoms with van der Waals surface area (Å²) in [7, 11) is 0. The lowest BCUT2D eigenvalue weighted by molar-refractivity contribution is -0.137. The molecular weight excluding hydrogens is 363 g/mol. The Morgan fingerprint density at radius 1 is 1.15 bits per heavy atom. The van der Waals surface area contributed by atoms with Crippen molar-refractivity contribution in [2.24, 2.45) is 5.92 Å². The Morgan fingerprint density at radius 2 is 1.92 bits per heavy atom. The molecule has 4 rings (SSSR count). The Hall–Kier alpha value is -1.88.